The van der Waals surface area contributed by atoms with Gasteiger partial charge in [0.1, 0.15) is 5.82 Å². The number of aromatic nitrogens is 4. The van der Waals surface area contributed by atoms with Crippen LogP contribution in [0, 0.1) is 0 Å². The van der Waals surface area contributed by atoms with Crippen molar-refractivity contribution in [3.05, 3.63) is 35.7 Å². The monoisotopic (exact) mass is 394 g/mol. The molecule has 1 fully saturated rings. The van der Waals surface area contributed by atoms with Gasteiger partial charge in [0.05, 0.1) is 0 Å². The average Bonchev–Trinajstić information content (AvgIpc) is 3.04. The van der Waals surface area contributed by atoms with Gasteiger partial charge in [0.25, 0.3) is 0 Å². The first-order valence-corrected chi connectivity index (χ1v) is 10.3. The third-order valence-corrected chi connectivity index (χ3v) is 5.66. The first-order valence-electron chi connectivity index (χ1n) is 10.3. The highest BCUT2D eigenvalue weighted by Crippen LogP contribution is 2.28. The van der Waals surface area contributed by atoms with Crippen molar-refractivity contribution in [2.75, 3.05) is 16.8 Å². The number of nitrogens with two attached hydrogens (primary N) is 3. The molecule has 0 radical (unpaired) electrons. The van der Waals surface area contributed by atoms with Crippen molar-refractivity contribution in [2.24, 2.45) is 5.73 Å². The molecule has 2 heterocycles. The molecule has 7 N–H and O–H groups in total. The maximum absolute atomic E-state index is 6.28. The van der Waals surface area contributed by atoms with Gasteiger partial charge in [-0.05, 0) is 51.2 Å². The summed E-state index contributed by atoms with van der Waals surface area (Å²) in [6.07, 6.45) is 4.68. The molecule has 3 aromatic rings. The molecule has 0 saturated heterocycles. The maximum atomic E-state index is 6.28. The Hall–Kier alpha value is -2.87. The van der Waals surface area contributed by atoms with Crippen LogP contribution < -0.4 is 22.5 Å². The molecule has 8 nitrogen and oxygen atoms in total. The van der Waals surface area contributed by atoms with Crippen LogP contribution in [0.5, 0.6) is 0 Å². The van der Waals surface area contributed by atoms with Crippen molar-refractivity contribution < 1.29 is 0 Å². The number of benzene rings is 1. The summed E-state index contributed by atoms with van der Waals surface area (Å²) in [5, 5.41) is 3.45. The van der Waals surface area contributed by atoms with E-state index in [2.05, 4.69) is 28.7 Å². The van der Waals surface area contributed by atoms with Crippen LogP contribution in [-0.4, -0.2) is 31.6 Å². The molecule has 1 aromatic carbocycles. The number of nitrogen functional groups attached to an aromatic ring is 2. The van der Waals surface area contributed by atoms with Crippen molar-refractivity contribution in [1.29, 1.82) is 0 Å². The third-order valence-electron chi connectivity index (χ3n) is 5.66. The van der Waals surface area contributed by atoms with Crippen molar-refractivity contribution >= 4 is 28.6 Å². The Bertz CT molecular complexity index is 1000. The van der Waals surface area contributed by atoms with E-state index in [4.69, 9.17) is 27.2 Å². The minimum absolute atomic E-state index is 0.176. The van der Waals surface area contributed by atoms with E-state index in [9.17, 15) is 0 Å². The van der Waals surface area contributed by atoms with E-state index in [0.717, 1.165) is 48.4 Å². The Labute approximate surface area is 170 Å². The SMILES string of the molecule is CC(C)n1c(Cc2ccccc2N)nc2c(N)nc(NC3CCC(N)CC3)nc21. The van der Waals surface area contributed by atoms with Gasteiger partial charge in [-0.25, -0.2) is 4.98 Å². The molecule has 1 saturated carbocycles. The van der Waals surface area contributed by atoms with Crippen molar-refractivity contribution in [1.82, 2.24) is 19.5 Å². The first kappa shape index (κ1) is 19.4. The molecule has 1 aliphatic carbocycles. The molecule has 2 aromatic heterocycles. The molecule has 0 amide bonds. The fourth-order valence-electron chi connectivity index (χ4n) is 4.08. The molecule has 4 rings (SSSR count). The second kappa shape index (κ2) is 7.87. The van der Waals surface area contributed by atoms with Crippen LogP contribution in [-0.2, 0) is 6.42 Å². The Kier molecular flexibility index (Phi) is 5.27. The van der Waals surface area contributed by atoms with Gasteiger partial charge in [-0.2, -0.15) is 9.97 Å². The Morgan fingerprint density at radius 2 is 1.79 bits per heavy atom. The lowest BCUT2D eigenvalue weighted by atomic mass is 9.92. The van der Waals surface area contributed by atoms with E-state index in [1.54, 1.807) is 0 Å². The van der Waals surface area contributed by atoms with Gasteiger partial charge < -0.3 is 27.1 Å². The van der Waals surface area contributed by atoms with Gasteiger partial charge >= 0.3 is 0 Å². The molecule has 29 heavy (non-hydrogen) atoms. The standard InChI is InChI=1S/C21H30N8/c1-12(2)29-17(11-13-5-3-4-6-16(13)23)26-18-19(24)27-21(28-20(18)29)25-15-9-7-14(22)8-10-15/h3-6,12,14-15H,7-11,22-23H2,1-2H3,(H3,24,25,27,28). The minimum atomic E-state index is 0.176. The zero-order chi connectivity index (χ0) is 20.5. The normalized spacial score (nSPS) is 19.7. The lowest BCUT2D eigenvalue weighted by molar-refractivity contribution is 0.410. The van der Waals surface area contributed by atoms with Crippen molar-refractivity contribution in [2.45, 2.75) is 64.1 Å². The van der Waals surface area contributed by atoms with Crippen LogP contribution in [0.15, 0.2) is 24.3 Å². The van der Waals surface area contributed by atoms with E-state index >= 15 is 0 Å². The molecular formula is C21H30N8. The van der Waals surface area contributed by atoms with Crippen LogP contribution in [0.3, 0.4) is 0 Å². The second-order valence-corrected chi connectivity index (χ2v) is 8.23. The largest absolute Gasteiger partial charge is 0.398 e. The number of anilines is 3. The van der Waals surface area contributed by atoms with Crippen LogP contribution in [0.25, 0.3) is 11.2 Å². The molecule has 0 bridgehead atoms. The summed E-state index contributed by atoms with van der Waals surface area (Å²) >= 11 is 0. The predicted molar refractivity (Wildman–Crippen MR) is 118 cm³/mol. The van der Waals surface area contributed by atoms with Gasteiger partial charge in [0.15, 0.2) is 17.0 Å². The number of fused-ring (bicyclic) bond motifs is 1. The molecule has 154 valence electrons. The molecule has 0 spiro atoms. The molecule has 1 aliphatic rings. The topological polar surface area (TPSA) is 134 Å². The zero-order valence-corrected chi connectivity index (χ0v) is 17.1. The number of hydrogen-bond acceptors (Lipinski definition) is 7. The first-order chi connectivity index (χ1) is 13.9. The van der Waals surface area contributed by atoms with Crippen molar-refractivity contribution in [3.63, 3.8) is 0 Å². The molecule has 8 heteroatoms. The number of para-hydroxylation sites is 1. The van der Waals surface area contributed by atoms with Gasteiger partial charge in [-0.15, -0.1) is 0 Å². The van der Waals surface area contributed by atoms with E-state index in [-0.39, 0.29) is 6.04 Å². The summed E-state index contributed by atoms with van der Waals surface area (Å²) in [5.74, 6) is 1.84. The predicted octanol–water partition coefficient (Wildman–Crippen LogP) is 2.84. The highest BCUT2D eigenvalue weighted by Gasteiger charge is 2.22. The van der Waals surface area contributed by atoms with Gasteiger partial charge in [-0.3, -0.25) is 0 Å². The average molecular weight is 395 g/mol. The van der Waals surface area contributed by atoms with E-state index < -0.39 is 0 Å². The van der Waals surface area contributed by atoms with Crippen LogP contribution in [0.1, 0.15) is 57.0 Å². The highest BCUT2D eigenvalue weighted by molar-refractivity contribution is 5.83. The lowest BCUT2D eigenvalue weighted by Crippen LogP contribution is -2.33. The van der Waals surface area contributed by atoms with E-state index in [0.29, 0.717) is 35.8 Å². The molecular weight excluding hydrogens is 364 g/mol. The molecule has 0 aliphatic heterocycles. The summed E-state index contributed by atoms with van der Waals surface area (Å²) in [6, 6.07) is 8.65. The van der Waals surface area contributed by atoms with Crippen LogP contribution in [0.4, 0.5) is 17.5 Å². The number of imidazole rings is 1. The highest BCUT2D eigenvalue weighted by atomic mass is 15.2. The van der Waals surface area contributed by atoms with Crippen LogP contribution in [0.2, 0.25) is 0 Å². The fraction of sp³-hybridized carbons (Fsp3) is 0.476. The molecule has 0 atom stereocenters. The smallest absolute Gasteiger partial charge is 0.226 e. The number of rotatable bonds is 5. The van der Waals surface area contributed by atoms with Crippen LogP contribution >= 0.6 is 0 Å². The van der Waals surface area contributed by atoms with Gasteiger partial charge in [0, 0.05) is 30.2 Å². The number of nitrogens with zero attached hydrogens (tertiary/aromatic N) is 4. The Morgan fingerprint density at radius 3 is 2.48 bits per heavy atom. The number of hydrogen-bond donors (Lipinski definition) is 4. The second-order valence-electron chi connectivity index (χ2n) is 8.23. The zero-order valence-electron chi connectivity index (χ0n) is 17.1. The summed E-state index contributed by atoms with van der Waals surface area (Å²) in [5.41, 5.74) is 21.6. The Morgan fingerprint density at radius 1 is 1.07 bits per heavy atom. The summed E-state index contributed by atoms with van der Waals surface area (Å²) in [6.45, 7) is 4.24. The fourth-order valence-corrected chi connectivity index (χ4v) is 4.08. The van der Waals surface area contributed by atoms with Crippen molar-refractivity contribution in [3.8, 4) is 0 Å². The number of nitrogens with one attached hydrogen (secondary N) is 1. The summed E-state index contributed by atoms with van der Waals surface area (Å²) in [4.78, 5) is 14.0. The Balaban J connectivity index is 1.70. The summed E-state index contributed by atoms with van der Waals surface area (Å²) < 4.78 is 2.13. The maximum Gasteiger partial charge on any atom is 0.226 e. The lowest BCUT2D eigenvalue weighted by Gasteiger charge is -2.26. The third kappa shape index (κ3) is 3.98. The van der Waals surface area contributed by atoms with Gasteiger partial charge in [-0.1, -0.05) is 18.2 Å². The quantitative estimate of drug-likeness (QED) is 0.489. The van der Waals surface area contributed by atoms with Gasteiger partial charge in [0.2, 0.25) is 5.95 Å². The molecule has 0 unspecified atom stereocenters. The summed E-state index contributed by atoms with van der Waals surface area (Å²) in [7, 11) is 0. The minimum Gasteiger partial charge on any atom is -0.398 e. The van der Waals surface area contributed by atoms with E-state index in [1.165, 1.54) is 0 Å². The van der Waals surface area contributed by atoms with E-state index in [1.807, 2.05) is 24.3 Å².